The van der Waals surface area contributed by atoms with Gasteiger partial charge in [0, 0.05) is 0 Å². The number of phosphoric ester groups is 2. The van der Waals surface area contributed by atoms with Crippen LogP contribution in [0, 0.1) is 0 Å². The molecule has 9 nitrogen and oxygen atoms in total. The van der Waals surface area contributed by atoms with Crippen LogP contribution in [0.1, 0.15) is 0 Å². The summed E-state index contributed by atoms with van der Waals surface area (Å²) in [5.41, 5.74) is 0. The lowest BCUT2D eigenvalue weighted by molar-refractivity contribution is 0.0593. The highest BCUT2D eigenvalue weighted by Gasteiger charge is 2.14. The number of hydrogen-bond donors (Lipinski definition) is 4. The maximum atomic E-state index is 10.1. The molecule has 0 atom stereocenters. The largest absolute Gasteiger partial charge is 0.469 e. The molecule has 0 heterocycles. The standard InChI is InChI=1S/C4H12O9P2/c5-14(6,7)12-3-1-11-2-4-13-15(8,9)10/h1-4H2,(H2,5,6,7)(H2,8,9,10). The summed E-state index contributed by atoms with van der Waals surface area (Å²) >= 11 is 0. The molecular formula is C4H12O9P2. The van der Waals surface area contributed by atoms with Crippen LogP contribution < -0.4 is 0 Å². The molecule has 4 N–H and O–H groups in total. The number of rotatable bonds is 8. The molecule has 0 spiro atoms. The van der Waals surface area contributed by atoms with Crippen molar-refractivity contribution in [3.05, 3.63) is 0 Å². The topological polar surface area (TPSA) is 143 Å². The molecule has 0 aromatic heterocycles. The highest BCUT2D eigenvalue weighted by molar-refractivity contribution is 7.46. The zero-order chi connectivity index (χ0) is 11.9. The highest BCUT2D eigenvalue weighted by atomic mass is 31.2. The van der Waals surface area contributed by atoms with Crippen molar-refractivity contribution < 1.29 is 42.5 Å². The minimum absolute atomic E-state index is 0.115. The monoisotopic (exact) mass is 266 g/mol. The Bertz CT molecular complexity index is 227. The van der Waals surface area contributed by atoms with E-state index in [0.717, 1.165) is 0 Å². The highest BCUT2D eigenvalue weighted by Crippen LogP contribution is 2.35. The fourth-order valence-electron chi connectivity index (χ4n) is 0.532. The zero-order valence-corrected chi connectivity index (χ0v) is 9.34. The predicted molar refractivity (Wildman–Crippen MR) is 46.8 cm³/mol. The lowest BCUT2D eigenvalue weighted by Crippen LogP contribution is -2.07. The third-order valence-electron chi connectivity index (χ3n) is 0.974. The van der Waals surface area contributed by atoms with E-state index in [1.54, 1.807) is 0 Å². The van der Waals surface area contributed by atoms with E-state index < -0.39 is 15.6 Å². The molecule has 11 heteroatoms. The first-order valence-electron chi connectivity index (χ1n) is 3.68. The Labute approximate surface area is 85.5 Å². The van der Waals surface area contributed by atoms with Crippen LogP contribution in [-0.2, 0) is 22.9 Å². The van der Waals surface area contributed by atoms with E-state index in [9.17, 15) is 9.13 Å². The van der Waals surface area contributed by atoms with Gasteiger partial charge < -0.3 is 24.3 Å². The Morgan fingerprint density at radius 2 is 1.07 bits per heavy atom. The van der Waals surface area contributed by atoms with Gasteiger partial charge >= 0.3 is 15.6 Å². The van der Waals surface area contributed by atoms with Gasteiger partial charge in [0.2, 0.25) is 0 Å². The van der Waals surface area contributed by atoms with Gasteiger partial charge in [0.15, 0.2) is 0 Å². The molecule has 15 heavy (non-hydrogen) atoms. The molecular weight excluding hydrogens is 254 g/mol. The molecule has 0 radical (unpaired) electrons. The minimum atomic E-state index is -4.48. The van der Waals surface area contributed by atoms with Crippen molar-refractivity contribution in [1.82, 2.24) is 0 Å². The van der Waals surface area contributed by atoms with Crippen molar-refractivity contribution in [2.45, 2.75) is 0 Å². The maximum absolute atomic E-state index is 10.1. The Kier molecular flexibility index (Phi) is 6.78. The lowest BCUT2D eigenvalue weighted by Gasteiger charge is -2.07. The summed E-state index contributed by atoms with van der Waals surface area (Å²) in [6.45, 7) is -0.869. The van der Waals surface area contributed by atoms with E-state index >= 15 is 0 Å². The second-order valence-electron chi connectivity index (χ2n) is 2.26. The van der Waals surface area contributed by atoms with Gasteiger partial charge in [0.05, 0.1) is 26.4 Å². The molecule has 0 bridgehead atoms. The first-order chi connectivity index (χ1) is 6.71. The average molecular weight is 266 g/mol. The molecule has 0 saturated heterocycles. The van der Waals surface area contributed by atoms with E-state index in [0.29, 0.717) is 0 Å². The molecule has 0 fully saturated rings. The first-order valence-corrected chi connectivity index (χ1v) is 6.75. The fourth-order valence-corrected chi connectivity index (χ4v) is 1.16. The fraction of sp³-hybridized carbons (Fsp3) is 1.00. The van der Waals surface area contributed by atoms with Crippen LogP contribution in [0.2, 0.25) is 0 Å². The van der Waals surface area contributed by atoms with Crippen LogP contribution in [0.15, 0.2) is 0 Å². The summed E-state index contributed by atoms with van der Waals surface area (Å²) in [7, 11) is -8.97. The van der Waals surface area contributed by atoms with Gasteiger partial charge in [-0.3, -0.25) is 9.05 Å². The molecule has 0 aromatic rings. The van der Waals surface area contributed by atoms with Crippen LogP contribution in [0.4, 0.5) is 0 Å². The van der Waals surface area contributed by atoms with Crippen LogP contribution in [0.25, 0.3) is 0 Å². The summed E-state index contributed by atoms with van der Waals surface area (Å²) in [5.74, 6) is 0. The molecule has 0 unspecified atom stereocenters. The van der Waals surface area contributed by atoms with Crippen LogP contribution in [0.3, 0.4) is 0 Å². The summed E-state index contributed by atoms with van der Waals surface area (Å²) in [5, 5.41) is 0. The van der Waals surface area contributed by atoms with Gasteiger partial charge in [-0.2, -0.15) is 0 Å². The van der Waals surface area contributed by atoms with Crippen molar-refractivity contribution in [3.8, 4) is 0 Å². The molecule has 0 aromatic carbocycles. The Balaban J connectivity index is 3.27. The van der Waals surface area contributed by atoms with Crippen molar-refractivity contribution in [3.63, 3.8) is 0 Å². The third-order valence-corrected chi connectivity index (χ3v) is 2.01. The lowest BCUT2D eigenvalue weighted by atomic mass is 10.7. The number of phosphoric acid groups is 2. The number of ether oxygens (including phenoxy) is 1. The second kappa shape index (κ2) is 6.70. The summed E-state index contributed by atoms with van der Waals surface area (Å²) in [6.07, 6.45) is 0. The summed E-state index contributed by atoms with van der Waals surface area (Å²) in [6, 6.07) is 0. The molecule has 0 rings (SSSR count). The van der Waals surface area contributed by atoms with Gasteiger partial charge in [-0.15, -0.1) is 0 Å². The maximum Gasteiger partial charge on any atom is 0.469 e. The Hall–Kier alpha value is 0.180. The van der Waals surface area contributed by atoms with Crippen LogP contribution in [-0.4, -0.2) is 46.0 Å². The van der Waals surface area contributed by atoms with Crippen molar-refractivity contribution in [2.24, 2.45) is 0 Å². The van der Waals surface area contributed by atoms with Crippen molar-refractivity contribution in [1.29, 1.82) is 0 Å². The quantitative estimate of drug-likeness (QED) is 0.328. The van der Waals surface area contributed by atoms with Crippen molar-refractivity contribution >= 4 is 15.6 Å². The third kappa shape index (κ3) is 14.2. The van der Waals surface area contributed by atoms with E-state index in [1.165, 1.54) is 0 Å². The first kappa shape index (κ1) is 15.2. The Morgan fingerprint density at radius 3 is 1.33 bits per heavy atom. The van der Waals surface area contributed by atoms with Gasteiger partial charge in [-0.25, -0.2) is 9.13 Å². The van der Waals surface area contributed by atoms with Crippen molar-refractivity contribution in [2.75, 3.05) is 26.4 Å². The van der Waals surface area contributed by atoms with E-state index in [-0.39, 0.29) is 26.4 Å². The van der Waals surface area contributed by atoms with E-state index in [1.807, 2.05) is 0 Å². The number of hydrogen-bond acceptors (Lipinski definition) is 5. The molecule has 0 saturated carbocycles. The van der Waals surface area contributed by atoms with E-state index in [2.05, 4.69) is 13.8 Å². The second-order valence-corrected chi connectivity index (χ2v) is 4.74. The smallest absolute Gasteiger partial charge is 0.377 e. The van der Waals surface area contributed by atoms with Gasteiger partial charge in [0.25, 0.3) is 0 Å². The van der Waals surface area contributed by atoms with Crippen LogP contribution >= 0.6 is 15.6 Å². The molecule has 0 aliphatic heterocycles. The molecule has 0 amide bonds. The Morgan fingerprint density at radius 1 is 0.733 bits per heavy atom. The van der Waals surface area contributed by atoms with Gasteiger partial charge in [-0.1, -0.05) is 0 Å². The average Bonchev–Trinajstić information content (AvgIpc) is 1.98. The molecule has 0 aliphatic rings. The predicted octanol–water partition coefficient (Wildman–Crippen LogP) is -0.778. The van der Waals surface area contributed by atoms with Gasteiger partial charge in [-0.05, 0) is 0 Å². The summed E-state index contributed by atoms with van der Waals surface area (Å²) in [4.78, 5) is 32.9. The minimum Gasteiger partial charge on any atom is -0.377 e. The molecule has 92 valence electrons. The van der Waals surface area contributed by atoms with Crippen LogP contribution in [0.5, 0.6) is 0 Å². The summed E-state index contributed by atoms with van der Waals surface area (Å²) < 4.78 is 33.0. The molecule has 0 aliphatic carbocycles. The SMILES string of the molecule is O=P(O)(O)OCCOCCOP(=O)(O)O. The van der Waals surface area contributed by atoms with E-state index in [4.69, 9.17) is 19.6 Å². The van der Waals surface area contributed by atoms with Gasteiger partial charge in [0.1, 0.15) is 0 Å². The normalized spacial score (nSPS) is 13.1. The zero-order valence-electron chi connectivity index (χ0n) is 7.55.